The highest BCUT2D eigenvalue weighted by Crippen LogP contribution is 2.41. The topological polar surface area (TPSA) is 78.4 Å². The van der Waals surface area contributed by atoms with E-state index in [1.807, 2.05) is 72.8 Å². The first kappa shape index (κ1) is 17.8. The first-order valence-corrected chi connectivity index (χ1v) is 9.16. The maximum Gasteiger partial charge on any atom is 0.404 e. The van der Waals surface area contributed by atoms with Crippen molar-refractivity contribution in [2.45, 2.75) is 18.4 Å². The number of carbonyl (C=O) groups excluding carboxylic acids is 1. The summed E-state index contributed by atoms with van der Waals surface area (Å²) in [6.07, 6.45) is -0.182. The van der Waals surface area contributed by atoms with E-state index < -0.39 is 6.09 Å². The normalized spacial score (nSPS) is 17.6. The Hall–Kier alpha value is -3.60. The van der Waals surface area contributed by atoms with Crippen LogP contribution in [0.15, 0.2) is 78.9 Å². The molecule has 1 aliphatic rings. The van der Waals surface area contributed by atoms with E-state index in [1.165, 1.54) is 0 Å². The van der Waals surface area contributed by atoms with Crippen molar-refractivity contribution in [1.82, 2.24) is 5.32 Å². The second-order valence-corrected chi connectivity index (χ2v) is 6.92. The summed E-state index contributed by atoms with van der Waals surface area (Å²) in [6, 6.07) is 25.0. The lowest BCUT2D eigenvalue weighted by Crippen LogP contribution is -2.24. The molecule has 3 aromatic carbocycles. The van der Waals surface area contributed by atoms with Crippen LogP contribution in [0.5, 0.6) is 0 Å². The van der Waals surface area contributed by atoms with E-state index in [1.54, 1.807) is 6.07 Å². The molecule has 0 heterocycles. The molecule has 0 radical (unpaired) electrons. The number of nitrogens with one attached hydrogen (secondary N) is 2. The lowest BCUT2D eigenvalue weighted by atomic mass is 10.0. The monoisotopic (exact) mass is 372 g/mol. The number of benzene rings is 3. The Labute approximate surface area is 163 Å². The van der Waals surface area contributed by atoms with Crippen molar-refractivity contribution in [1.29, 1.82) is 0 Å². The Morgan fingerprint density at radius 2 is 1.57 bits per heavy atom. The third-order valence-electron chi connectivity index (χ3n) is 4.93. The van der Waals surface area contributed by atoms with Crippen LogP contribution in [0.3, 0.4) is 0 Å². The molecule has 3 N–H and O–H groups in total. The van der Waals surface area contributed by atoms with Crippen LogP contribution in [-0.4, -0.2) is 23.1 Å². The van der Waals surface area contributed by atoms with Gasteiger partial charge in [0.25, 0.3) is 5.91 Å². The van der Waals surface area contributed by atoms with Crippen molar-refractivity contribution < 1.29 is 14.7 Å². The zero-order valence-corrected chi connectivity index (χ0v) is 15.1. The molecule has 1 fully saturated rings. The highest BCUT2D eigenvalue weighted by molar-refractivity contribution is 6.05. The molecule has 28 heavy (non-hydrogen) atoms. The molecule has 5 nitrogen and oxygen atoms in total. The van der Waals surface area contributed by atoms with Gasteiger partial charge in [0.1, 0.15) is 0 Å². The summed E-state index contributed by atoms with van der Waals surface area (Å²) in [4.78, 5) is 23.3. The molecule has 5 heteroatoms. The zero-order valence-electron chi connectivity index (χ0n) is 15.1. The van der Waals surface area contributed by atoms with Crippen LogP contribution < -0.4 is 10.6 Å². The summed E-state index contributed by atoms with van der Waals surface area (Å²) in [7, 11) is 0. The molecule has 3 aromatic rings. The molecule has 0 bridgehead atoms. The minimum atomic E-state index is -0.992. The van der Waals surface area contributed by atoms with Gasteiger partial charge in [0.15, 0.2) is 0 Å². The Morgan fingerprint density at radius 3 is 2.29 bits per heavy atom. The van der Waals surface area contributed by atoms with Crippen LogP contribution in [0.2, 0.25) is 0 Å². The number of hydrogen-bond acceptors (Lipinski definition) is 2. The summed E-state index contributed by atoms with van der Waals surface area (Å²) in [6.45, 7) is 0. The van der Waals surface area contributed by atoms with Gasteiger partial charge >= 0.3 is 6.09 Å². The van der Waals surface area contributed by atoms with Crippen LogP contribution in [0.4, 0.5) is 10.5 Å². The number of hydrogen-bond donors (Lipinski definition) is 3. The fourth-order valence-electron chi connectivity index (χ4n) is 3.37. The van der Waals surface area contributed by atoms with Gasteiger partial charge in [-0.1, -0.05) is 54.6 Å². The predicted molar refractivity (Wildman–Crippen MR) is 109 cm³/mol. The molecule has 1 saturated carbocycles. The molecule has 0 aliphatic heterocycles. The third kappa shape index (κ3) is 4.04. The Morgan fingerprint density at radius 1 is 0.857 bits per heavy atom. The lowest BCUT2D eigenvalue weighted by molar-refractivity contribution is 0.102. The first-order valence-electron chi connectivity index (χ1n) is 9.16. The van der Waals surface area contributed by atoms with Crippen molar-refractivity contribution in [3.63, 3.8) is 0 Å². The molecule has 0 aromatic heterocycles. The van der Waals surface area contributed by atoms with Gasteiger partial charge in [0.05, 0.1) is 0 Å². The fourth-order valence-corrected chi connectivity index (χ4v) is 3.37. The van der Waals surface area contributed by atoms with Crippen LogP contribution in [-0.2, 0) is 0 Å². The van der Waals surface area contributed by atoms with Gasteiger partial charge < -0.3 is 15.7 Å². The van der Waals surface area contributed by atoms with Gasteiger partial charge in [-0.15, -0.1) is 0 Å². The van der Waals surface area contributed by atoms with E-state index in [0.717, 1.165) is 23.1 Å². The van der Waals surface area contributed by atoms with Gasteiger partial charge in [-0.05, 0) is 47.4 Å². The Kier molecular flexibility index (Phi) is 4.81. The maximum absolute atomic E-state index is 12.6. The standard InChI is InChI=1S/C23H20N2O3/c26-22(18-8-4-7-17(13-18)15-5-2-1-3-6-15)24-19-11-9-16(10-12-19)20-14-21(20)25-23(27)28/h1-13,20-21,25H,14H2,(H,24,26)(H,27,28)/t20-,21+/m0/s1. The van der Waals surface area contributed by atoms with E-state index in [2.05, 4.69) is 10.6 Å². The smallest absolute Gasteiger partial charge is 0.404 e. The van der Waals surface area contributed by atoms with E-state index in [9.17, 15) is 9.59 Å². The largest absolute Gasteiger partial charge is 0.465 e. The second kappa shape index (κ2) is 7.56. The van der Waals surface area contributed by atoms with Gasteiger partial charge in [0.2, 0.25) is 0 Å². The second-order valence-electron chi connectivity index (χ2n) is 6.92. The molecule has 0 saturated heterocycles. The van der Waals surface area contributed by atoms with Gasteiger partial charge in [-0.25, -0.2) is 4.79 Å². The highest BCUT2D eigenvalue weighted by atomic mass is 16.4. The number of anilines is 1. The number of carbonyl (C=O) groups is 2. The molecule has 140 valence electrons. The van der Waals surface area contributed by atoms with Crippen molar-refractivity contribution >= 4 is 17.7 Å². The minimum Gasteiger partial charge on any atom is -0.465 e. The van der Waals surface area contributed by atoms with Crippen LogP contribution >= 0.6 is 0 Å². The van der Waals surface area contributed by atoms with Gasteiger partial charge in [-0.3, -0.25) is 4.79 Å². The molecule has 1 aliphatic carbocycles. The van der Waals surface area contributed by atoms with E-state index in [4.69, 9.17) is 5.11 Å². The zero-order chi connectivity index (χ0) is 19.5. The Bertz CT molecular complexity index is 1000. The lowest BCUT2D eigenvalue weighted by Gasteiger charge is -2.08. The number of carboxylic acid groups (broad SMARTS) is 1. The third-order valence-corrected chi connectivity index (χ3v) is 4.93. The molecule has 4 rings (SSSR count). The van der Waals surface area contributed by atoms with E-state index in [-0.39, 0.29) is 17.9 Å². The minimum absolute atomic E-state index is 0.0151. The summed E-state index contributed by atoms with van der Waals surface area (Å²) >= 11 is 0. The first-order chi connectivity index (χ1) is 13.6. The average Bonchev–Trinajstić information content (AvgIpc) is 3.47. The molecule has 2 amide bonds. The van der Waals surface area contributed by atoms with Crippen molar-refractivity contribution in [2.24, 2.45) is 0 Å². The molecule has 0 spiro atoms. The Balaban J connectivity index is 1.42. The van der Waals surface area contributed by atoms with E-state index in [0.29, 0.717) is 11.3 Å². The number of amides is 2. The van der Waals surface area contributed by atoms with Crippen molar-refractivity contribution in [3.05, 3.63) is 90.0 Å². The van der Waals surface area contributed by atoms with Crippen molar-refractivity contribution in [3.8, 4) is 11.1 Å². The summed E-state index contributed by atoms with van der Waals surface area (Å²) < 4.78 is 0. The summed E-state index contributed by atoms with van der Waals surface area (Å²) in [5, 5.41) is 14.2. The van der Waals surface area contributed by atoms with Crippen molar-refractivity contribution in [2.75, 3.05) is 5.32 Å². The van der Waals surface area contributed by atoms with Gasteiger partial charge in [-0.2, -0.15) is 0 Å². The fraction of sp³-hybridized carbons (Fsp3) is 0.130. The molecule has 2 atom stereocenters. The van der Waals surface area contributed by atoms with E-state index >= 15 is 0 Å². The maximum atomic E-state index is 12.6. The highest BCUT2D eigenvalue weighted by Gasteiger charge is 2.39. The molecular formula is C23H20N2O3. The molecular weight excluding hydrogens is 352 g/mol. The van der Waals surface area contributed by atoms with Crippen LogP contribution in [0, 0.1) is 0 Å². The quantitative estimate of drug-likeness (QED) is 0.606. The molecule has 0 unspecified atom stereocenters. The SMILES string of the molecule is O=C(O)N[C@@H]1C[C@H]1c1ccc(NC(=O)c2cccc(-c3ccccc3)c2)cc1. The van der Waals surface area contributed by atoms with Crippen LogP contribution in [0.25, 0.3) is 11.1 Å². The summed E-state index contributed by atoms with van der Waals surface area (Å²) in [5.41, 5.74) is 4.44. The summed E-state index contributed by atoms with van der Waals surface area (Å²) in [5.74, 6) is 0.0470. The predicted octanol–water partition coefficient (Wildman–Crippen LogP) is 4.73. The van der Waals surface area contributed by atoms with Gasteiger partial charge in [0, 0.05) is 23.2 Å². The average molecular weight is 372 g/mol. The number of rotatable bonds is 5. The van der Waals surface area contributed by atoms with Crippen LogP contribution in [0.1, 0.15) is 28.3 Å².